The highest BCUT2D eigenvalue weighted by Gasteiger charge is 2.25. The zero-order valence-electron chi connectivity index (χ0n) is 8.63. The minimum absolute atomic E-state index is 0.0522. The first-order valence-corrected chi connectivity index (χ1v) is 6.89. The minimum Gasteiger partial charge on any atom is -0.349 e. The summed E-state index contributed by atoms with van der Waals surface area (Å²) in [6.07, 6.45) is 3.83. The summed E-state index contributed by atoms with van der Waals surface area (Å²) in [5.41, 5.74) is 0.762. The highest BCUT2D eigenvalue weighted by molar-refractivity contribution is 9.11. The second-order valence-corrected chi connectivity index (χ2v) is 6.38. The zero-order valence-corrected chi connectivity index (χ0v) is 11.0. The molecule has 0 aromatic carbocycles. The van der Waals surface area contributed by atoms with Crippen molar-refractivity contribution in [2.75, 3.05) is 0 Å². The fourth-order valence-corrected chi connectivity index (χ4v) is 2.91. The number of carbonyl (C=O) groups is 1. The van der Waals surface area contributed by atoms with Crippen molar-refractivity contribution in [2.45, 2.75) is 32.2 Å². The molecule has 1 N–H and O–H groups in total. The van der Waals surface area contributed by atoms with E-state index in [0.717, 1.165) is 9.35 Å². The second-order valence-electron chi connectivity index (χ2n) is 4.09. The van der Waals surface area contributed by atoms with Crippen LogP contribution in [0.25, 0.3) is 0 Å². The summed E-state index contributed by atoms with van der Waals surface area (Å²) < 4.78 is 1.00. The molecule has 4 heteroatoms. The SMILES string of the molecule is CC(NC(=O)c1csc(Br)c1)C1CCC1. The van der Waals surface area contributed by atoms with Gasteiger partial charge in [-0.2, -0.15) is 0 Å². The third-order valence-corrected chi connectivity index (χ3v) is 4.55. The van der Waals surface area contributed by atoms with Crippen LogP contribution in [-0.2, 0) is 0 Å². The molecule has 1 saturated carbocycles. The average molecular weight is 288 g/mol. The van der Waals surface area contributed by atoms with Gasteiger partial charge in [-0.3, -0.25) is 4.79 Å². The molecule has 15 heavy (non-hydrogen) atoms. The van der Waals surface area contributed by atoms with Crippen LogP contribution in [0.2, 0.25) is 0 Å². The van der Waals surface area contributed by atoms with Crippen molar-refractivity contribution in [1.29, 1.82) is 0 Å². The van der Waals surface area contributed by atoms with Gasteiger partial charge in [-0.25, -0.2) is 0 Å². The minimum atomic E-state index is 0.0522. The van der Waals surface area contributed by atoms with Crippen LogP contribution in [0.3, 0.4) is 0 Å². The maximum atomic E-state index is 11.8. The number of carbonyl (C=O) groups excluding carboxylic acids is 1. The predicted octanol–water partition coefficient (Wildman–Crippen LogP) is 3.43. The lowest BCUT2D eigenvalue weighted by Gasteiger charge is -2.31. The first-order chi connectivity index (χ1) is 7.16. The molecule has 1 aromatic rings. The van der Waals surface area contributed by atoms with Crippen molar-refractivity contribution in [3.8, 4) is 0 Å². The Labute approximate surface area is 102 Å². The summed E-state index contributed by atoms with van der Waals surface area (Å²) in [6, 6.07) is 2.18. The molecule has 0 radical (unpaired) electrons. The Balaban J connectivity index is 1.91. The molecule has 1 atom stereocenters. The molecule has 0 bridgehead atoms. The number of hydrogen-bond acceptors (Lipinski definition) is 2. The summed E-state index contributed by atoms with van der Waals surface area (Å²) >= 11 is 4.90. The number of amides is 1. The number of hydrogen-bond donors (Lipinski definition) is 1. The molecule has 1 unspecified atom stereocenters. The zero-order chi connectivity index (χ0) is 10.8. The van der Waals surface area contributed by atoms with Gasteiger partial charge in [0.1, 0.15) is 0 Å². The van der Waals surface area contributed by atoms with Crippen LogP contribution in [0.5, 0.6) is 0 Å². The fraction of sp³-hybridized carbons (Fsp3) is 0.545. The first kappa shape index (κ1) is 11.1. The Morgan fingerprint density at radius 2 is 2.40 bits per heavy atom. The van der Waals surface area contributed by atoms with Crippen LogP contribution in [0.1, 0.15) is 36.5 Å². The van der Waals surface area contributed by atoms with Gasteiger partial charge in [-0.1, -0.05) is 6.42 Å². The third kappa shape index (κ3) is 2.61. The van der Waals surface area contributed by atoms with E-state index in [-0.39, 0.29) is 5.91 Å². The monoisotopic (exact) mass is 287 g/mol. The molecule has 1 amide bonds. The van der Waals surface area contributed by atoms with Crippen LogP contribution >= 0.6 is 27.3 Å². The van der Waals surface area contributed by atoms with Gasteiger partial charge < -0.3 is 5.32 Å². The van der Waals surface area contributed by atoms with Crippen LogP contribution < -0.4 is 5.32 Å². The van der Waals surface area contributed by atoms with E-state index in [1.165, 1.54) is 19.3 Å². The molecule has 1 aromatic heterocycles. The number of rotatable bonds is 3. The van der Waals surface area contributed by atoms with Gasteiger partial charge in [0.2, 0.25) is 0 Å². The molecule has 82 valence electrons. The molecule has 0 aliphatic heterocycles. The summed E-state index contributed by atoms with van der Waals surface area (Å²) in [6.45, 7) is 2.10. The number of nitrogens with one attached hydrogen (secondary N) is 1. The first-order valence-electron chi connectivity index (χ1n) is 5.21. The summed E-state index contributed by atoms with van der Waals surface area (Å²) in [5.74, 6) is 0.743. The van der Waals surface area contributed by atoms with Crippen molar-refractivity contribution in [1.82, 2.24) is 5.32 Å². The molecule has 1 heterocycles. The van der Waals surface area contributed by atoms with Gasteiger partial charge in [0, 0.05) is 11.4 Å². The van der Waals surface area contributed by atoms with E-state index in [2.05, 4.69) is 28.2 Å². The van der Waals surface area contributed by atoms with Gasteiger partial charge in [-0.05, 0) is 47.7 Å². The van der Waals surface area contributed by atoms with Gasteiger partial charge in [-0.15, -0.1) is 11.3 Å². The molecule has 1 fully saturated rings. The van der Waals surface area contributed by atoms with Crippen molar-refractivity contribution < 1.29 is 4.79 Å². The highest BCUT2D eigenvalue weighted by Crippen LogP contribution is 2.29. The summed E-state index contributed by atoms with van der Waals surface area (Å²) in [5, 5.41) is 4.94. The Morgan fingerprint density at radius 3 is 2.87 bits per heavy atom. The molecule has 1 aliphatic carbocycles. The van der Waals surface area contributed by atoms with Gasteiger partial charge in [0.15, 0.2) is 0 Å². The van der Waals surface area contributed by atoms with Crippen molar-refractivity contribution in [3.05, 3.63) is 20.8 Å². The fourth-order valence-electron chi connectivity index (χ4n) is 1.78. The normalized spacial score (nSPS) is 18.3. The van der Waals surface area contributed by atoms with Crippen LogP contribution in [0.15, 0.2) is 15.2 Å². The molecular formula is C11H14BrNOS. The topological polar surface area (TPSA) is 29.1 Å². The quantitative estimate of drug-likeness (QED) is 0.907. The Hall–Kier alpha value is -0.350. The lowest BCUT2D eigenvalue weighted by atomic mass is 9.80. The van der Waals surface area contributed by atoms with E-state index >= 15 is 0 Å². The van der Waals surface area contributed by atoms with E-state index < -0.39 is 0 Å². The largest absolute Gasteiger partial charge is 0.349 e. The third-order valence-electron chi connectivity index (χ3n) is 3.05. The Kier molecular flexibility index (Phi) is 3.46. The average Bonchev–Trinajstić information content (AvgIpc) is 2.48. The molecule has 0 saturated heterocycles. The van der Waals surface area contributed by atoms with E-state index in [1.807, 2.05) is 11.4 Å². The molecule has 2 rings (SSSR count). The molecule has 1 aliphatic rings. The van der Waals surface area contributed by atoms with Crippen molar-refractivity contribution in [2.24, 2.45) is 5.92 Å². The predicted molar refractivity (Wildman–Crippen MR) is 66.3 cm³/mol. The van der Waals surface area contributed by atoms with Gasteiger partial charge >= 0.3 is 0 Å². The summed E-state index contributed by atoms with van der Waals surface area (Å²) in [7, 11) is 0. The molecular weight excluding hydrogens is 274 g/mol. The highest BCUT2D eigenvalue weighted by atomic mass is 79.9. The summed E-state index contributed by atoms with van der Waals surface area (Å²) in [4.78, 5) is 11.8. The van der Waals surface area contributed by atoms with E-state index in [1.54, 1.807) is 11.3 Å². The van der Waals surface area contributed by atoms with Gasteiger partial charge in [0.25, 0.3) is 5.91 Å². The van der Waals surface area contributed by atoms with E-state index in [4.69, 9.17) is 0 Å². The van der Waals surface area contributed by atoms with Crippen molar-refractivity contribution >= 4 is 33.2 Å². The lowest BCUT2D eigenvalue weighted by molar-refractivity contribution is 0.0909. The van der Waals surface area contributed by atoms with E-state index in [0.29, 0.717) is 12.0 Å². The number of thiophene rings is 1. The van der Waals surface area contributed by atoms with Gasteiger partial charge in [0.05, 0.1) is 9.35 Å². The molecule has 2 nitrogen and oxygen atoms in total. The Bertz CT molecular complexity index is 359. The van der Waals surface area contributed by atoms with Crippen LogP contribution in [-0.4, -0.2) is 11.9 Å². The Morgan fingerprint density at radius 1 is 1.67 bits per heavy atom. The van der Waals surface area contributed by atoms with E-state index in [9.17, 15) is 4.79 Å². The second kappa shape index (κ2) is 4.66. The molecule has 0 spiro atoms. The smallest absolute Gasteiger partial charge is 0.252 e. The van der Waals surface area contributed by atoms with Crippen molar-refractivity contribution in [3.63, 3.8) is 0 Å². The maximum absolute atomic E-state index is 11.8. The lowest BCUT2D eigenvalue weighted by Crippen LogP contribution is -2.40. The van der Waals surface area contributed by atoms with Crippen LogP contribution in [0, 0.1) is 5.92 Å². The van der Waals surface area contributed by atoms with Crippen LogP contribution in [0.4, 0.5) is 0 Å². The number of halogens is 1. The maximum Gasteiger partial charge on any atom is 0.252 e. The standard InChI is InChI=1S/C11H14BrNOS/c1-7(8-3-2-4-8)13-11(14)9-5-10(12)15-6-9/h5-8H,2-4H2,1H3,(H,13,14).